The first kappa shape index (κ1) is 21.5. The van der Waals surface area contributed by atoms with Crippen LogP contribution < -0.4 is 10.0 Å². The molecule has 1 heterocycles. The summed E-state index contributed by atoms with van der Waals surface area (Å²) >= 11 is 0. The SMILES string of the molecule is CC(CCc1ccccc1)NC(=O)c1ccc(S(=O)(=O)NCC2CCCO2)cc1. The van der Waals surface area contributed by atoms with Crippen LogP contribution in [-0.2, 0) is 21.2 Å². The minimum Gasteiger partial charge on any atom is -0.377 e. The molecule has 0 aliphatic carbocycles. The molecule has 6 nitrogen and oxygen atoms in total. The predicted molar refractivity (Wildman–Crippen MR) is 112 cm³/mol. The van der Waals surface area contributed by atoms with Crippen molar-refractivity contribution in [1.29, 1.82) is 0 Å². The van der Waals surface area contributed by atoms with Gasteiger partial charge >= 0.3 is 0 Å². The summed E-state index contributed by atoms with van der Waals surface area (Å²) in [5.74, 6) is -0.207. The van der Waals surface area contributed by atoms with E-state index in [-0.39, 0.29) is 29.5 Å². The van der Waals surface area contributed by atoms with Crippen molar-refractivity contribution in [2.75, 3.05) is 13.2 Å². The maximum atomic E-state index is 12.4. The molecule has 2 aromatic carbocycles. The van der Waals surface area contributed by atoms with Crippen molar-refractivity contribution in [3.05, 3.63) is 65.7 Å². The molecule has 0 spiro atoms. The maximum Gasteiger partial charge on any atom is 0.251 e. The molecule has 0 aromatic heterocycles. The Bertz CT molecular complexity index is 892. The standard InChI is InChI=1S/C22H28N2O4S/c1-17(9-10-18-6-3-2-4-7-18)24-22(25)19-11-13-21(14-12-19)29(26,27)23-16-20-8-5-15-28-20/h2-4,6-7,11-14,17,20,23H,5,8-10,15-16H2,1H3,(H,24,25). The molecule has 0 bridgehead atoms. The number of aryl methyl sites for hydroxylation is 1. The second-order valence-electron chi connectivity index (χ2n) is 7.41. The van der Waals surface area contributed by atoms with E-state index in [1.54, 1.807) is 12.1 Å². The van der Waals surface area contributed by atoms with Gasteiger partial charge in [-0.05, 0) is 62.4 Å². The van der Waals surface area contributed by atoms with Crippen LogP contribution in [0.1, 0.15) is 42.1 Å². The second-order valence-corrected chi connectivity index (χ2v) is 9.18. The van der Waals surface area contributed by atoms with E-state index in [0.29, 0.717) is 12.2 Å². The second kappa shape index (κ2) is 10.0. The first-order valence-electron chi connectivity index (χ1n) is 10.0. The molecular weight excluding hydrogens is 388 g/mol. The predicted octanol–water partition coefficient (Wildman–Crippen LogP) is 2.90. The van der Waals surface area contributed by atoms with E-state index in [2.05, 4.69) is 22.2 Å². The Hall–Kier alpha value is -2.22. The van der Waals surface area contributed by atoms with Gasteiger partial charge in [0.25, 0.3) is 5.91 Å². The molecule has 7 heteroatoms. The topological polar surface area (TPSA) is 84.5 Å². The number of amides is 1. The van der Waals surface area contributed by atoms with E-state index in [9.17, 15) is 13.2 Å². The molecule has 2 aromatic rings. The molecule has 156 valence electrons. The van der Waals surface area contributed by atoms with Crippen LogP contribution in [0, 0.1) is 0 Å². The van der Waals surface area contributed by atoms with Crippen molar-refractivity contribution in [2.24, 2.45) is 0 Å². The minimum absolute atomic E-state index is 0.0131. The van der Waals surface area contributed by atoms with Crippen LogP contribution in [0.4, 0.5) is 0 Å². The summed E-state index contributed by atoms with van der Waals surface area (Å²) in [5, 5.41) is 2.97. The van der Waals surface area contributed by atoms with E-state index in [1.807, 2.05) is 25.1 Å². The van der Waals surface area contributed by atoms with Gasteiger partial charge in [-0.2, -0.15) is 0 Å². The van der Waals surface area contributed by atoms with Gasteiger partial charge in [-0.15, -0.1) is 0 Å². The van der Waals surface area contributed by atoms with Crippen molar-refractivity contribution in [3.8, 4) is 0 Å². The third-order valence-electron chi connectivity index (χ3n) is 5.04. The molecule has 0 radical (unpaired) electrons. The zero-order valence-electron chi connectivity index (χ0n) is 16.6. The van der Waals surface area contributed by atoms with Crippen LogP contribution in [0.5, 0.6) is 0 Å². The number of hydrogen-bond donors (Lipinski definition) is 2. The van der Waals surface area contributed by atoms with Gasteiger partial charge in [-0.3, -0.25) is 4.79 Å². The quantitative estimate of drug-likeness (QED) is 0.658. The lowest BCUT2D eigenvalue weighted by Gasteiger charge is -2.14. The summed E-state index contributed by atoms with van der Waals surface area (Å²) in [6, 6.07) is 16.1. The first-order valence-corrected chi connectivity index (χ1v) is 11.5. The maximum absolute atomic E-state index is 12.4. The van der Waals surface area contributed by atoms with Gasteiger partial charge in [0.15, 0.2) is 0 Å². The summed E-state index contributed by atoms with van der Waals surface area (Å²) in [4.78, 5) is 12.6. The Morgan fingerprint density at radius 3 is 2.52 bits per heavy atom. The highest BCUT2D eigenvalue weighted by molar-refractivity contribution is 7.89. The van der Waals surface area contributed by atoms with Crippen molar-refractivity contribution >= 4 is 15.9 Å². The zero-order chi connectivity index (χ0) is 20.7. The molecule has 1 aliphatic rings. The number of hydrogen-bond acceptors (Lipinski definition) is 4. The number of rotatable bonds is 9. The van der Waals surface area contributed by atoms with Gasteiger partial charge in [0.05, 0.1) is 11.0 Å². The largest absolute Gasteiger partial charge is 0.377 e. The average Bonchev–Trinajstić information content (AvgIpc) is 3.25. The van der Waals surface area contributed by atoms with Gasteiger partial charge in [0.1, 0.15) is 0 Å². The third kappa shape index (κ3) is 6.39. The molecule has 29 heavy (non-hydrogen) atoms. The average molecular weight is 417 g/mol. The number of carbonyl (C=O) groups excluding carboxylic acids is 1. The summed E-state index contributed by atoms with van der Waals surface area (Å²) in [6.45, 7) is 2.91. The summed E-state index contributed by atoms with van der Waals surface area (Å²) in [6.07, 6.45) is 3.47. The molecule has 2 atom stereocenters. The highest BCUT2D eigenvalue weighted by Crippen LogP contribution is 2.14. The van der Waals surface area contributed by atoms with E-state index >= 15 is 0 Å². The Labute approximate surface area is 172 Å². The smallest absolute Gasteiger partial charge is 0.251 e. The van der Waals surface area contributed by atoms with E-state index < -0.39 is 10.0 Å². The van der Waals surface area contributed by atoms with Crippen LogP contribution in [0.3, 0.4) is 0 Å². The molecule has 2 N–H and O–H groups in total. The Kier molecular flexibility index (Phi) is 7.41. The highest BCUT2D eigenvalue weighted by atomic mass is 32.2. The lowest BCUT2D eigenvalue weighted by Crippen LogP contribution is -2.33. The molecule has 0 saturated carbocycles. The molecule has 1 aliphatic heterocycles. The zero-order valence-corrected chi connectivity index (χ0v) is 17.5. The van der Waals surface area contributed by atoms with Gasteiger partial charge in [0, 0.05) is 24.8 Å². The minimum atomic E-state index is -3.61. The molecule has 2 unspecified atom stereocenters. The van der Waals surface area contributed by atoms with Gasteiger partial charge in [-0.1, -0.05) is 30.3 Å². The summed E-state index contributed by atoms with van der Waals surface area (Å²) < 4.78 is 32.8. The monoisotopic (exact) mass is 416 g/mol. The fourth-order valence-electron chi connectivity index (χ4n) is 3.28. The number of benzene rings is 2. The summed E-state index contributed by atoms with van der Waals surface area (Å²) in [7, 11) is -3.61. The fraction of sp³-hybridized carbons (Fsp3) is 0.409. The number of nitrogens with one attached hydrogen (secondary N) is 2. The molecule has 1 amide bonds. The molecule has 1 saturated heterocycles. The Balaban J connectivity index is 1.51. The number of carbonyl (C=O) groups is 1. The van der Waals surface area contributed by atoms with Crippen LogP contribution in [0.25, 0.3) is 0 Å². The van der Waals surface area contributed by atoms with Crippen molar-refractivity contribution in [1.82, 2.24) is 10.0 Å². The lowest BCUT2D eigenvalue weighted by molar-refractivity contribution is 0.0938. The number of ether oxygens (including phenoxy) is 1. The third-order valence-corrected chi connectivity index (χ3v) is 6.48. The molecule has 3 rings (SSSR count). The first-order chi connectivity index (χ1) is 13.9. The van der Waals surface area contributed by atoms with Crippen LogP contribution in [0.15, 0.2) is 59.5 Å². The summed E-state index contributed by atoms with van der Waals surface area (Å²) in [5.41, 5.74) is 1.67. The lowest BCUT2D eigenvalue weighted by atomic mass is 10.1. The van der Waals surface area contributed by atoms with Crippen molar-refractivity contribution in [2.45, 2.75) is 49.6 Å². The Morgan fingerprint density at radius 2 is 1.86 bits per heavy atom. The Morgan fingerprint density at radius 1 is 1.14 bits per heavy atom. The highest BCUT2D eigenvalue weighted by Gasteiger charge is 2.20. The van der Waals surface area contributed by atoms with Crippen LogP contribution >= 0.6 is 0 Å². The van der Waals surface area contributed by atoms with Crippen molar-refractivity contribution < 1.29 is 17.9 Å². The normalized spacial score (nSPS) is 17.8. The van der Waals surface area contributed by atoms with Gasteiger partial charge in [0.2, 0.25) is 10.0 Å². The van der Waals surface area contributed by atoms with Gasteiger partial charge in [-0.25, -0.2) is 13.1 Å². The van der Waals surface area contributed by atoms with Gasteiger partial charge < -0.3 is 10.1 Å². The van der Waals surface area contributed by atoms with E-state index in [4.69, 9.17) is 4.74 Å². The van der Waals surface area contributed by atoms with E-state index in [0.717, 1.165) is 25.7 Å². The van der Waals surface area contributed by atoms with Crippen molar-refractivity contribution in [3.63, 3.8) is 0 Å². The number of sulfonamides is 1. The van der Waals surface area contributed by atoms with E-state index in [1.165, 1.54) is 17.7 Å². The fourth-order valence-corrected chi connectivity index (χ4v) is 4.35. The van der Waals surface area contributed by atoms with Crippen LogP contribution in [0.2, 0.25) is 0 Å². The molecule has 1 fully saturated rings. The van der Waals surface area contributed by atoms with Crippen LogP contribution in [-0.4, -0.2) is 39.6 Å². The molecular formula is C22H28N2O4S.